The second-order valence-electron chi connectivity index (χ2n) is 5.55. The van der Waals surface area contributed by atoms with Crippen molar-refractivity contribution in [3.05, 3.63) is 12.3 Å². The van der Waals surface area contributed by atoms with Crippen LogP contribution < -0.4 is 27.0 Å². The molecule has 1 aromatic heterocycles. The summed E-state index contributed by atoms with van der Waals surface area (Å²) in [6, 6.07) is 1.72. The van der Waals surface area contributed by atoms with E-state index in [9.17, 15) is 0 Å². The molecule has 6 nitrogen and oxygen atoms in total. The van der Waals surface area contributed by atoms with Gasteiger partial charge in [0.25, 0.3) is 0 Å². The lowest BCUT2D eigenvalue weighted by molar-refractivity contribution is -0.878. The number of aromatic nitrogens is 1. The Morgan fingerprint density at radius 1 is 1.14 bits per heavy atom. The van der Waals surface area contributed by atoms with E-state index in [0.29, 0.717) is 17.2 Å². The van der Waals surface area contributed by atoms with Crippen LogP contribution in [0.15, 0.2) is 12.3 Å². The number of nitrogens with two attached hydrogens (primary N) is 2. The minimum absolute atomic E-state index is 0.588. The van der Waals surface area contributed by atoms with Gasteiger partial charge in [-0.1, -0.05) is 13.3 Å². The number of nitrogens with zero attached hydrogens (tertiary/aromatic N) is 1. The fourth-order valence-electron chi connectivity index (χ4n) is 2.14. The summed E-state index contributed by atoms with van der Waals surface area (Å²) in [6.07, 6.45) is 5.57. The molecule has 21 heavy (non-hydrogen) atoms. The van der Waals surface area contributed by atoms with Crippen molar-refractivity contribution in [1.82, 2.24) is 10.3 Å². The van der Waals surface area contributed by atoms with Crippen LogP contribution in [0.2, 0.25) is 0 Å². The molecule has 120 valence electrons. The van der Waals surface area contributed by atoms with Gasteiger partial charge in [-0.3, -0.25) is 0 Å². The fourth-order valence-corrected chi connectivity index (χ4v) is 2.14. The van der Waals surface area contributed by atoms with E-state index in [2.05, 4.69) is 29.6 Å². The fraction of sp³-hybridized carbons (Fsp3) is 0.667. The smallest absolute Gasteiger partial charge is 0.149 e. The van der Waals surface area contributed by atoms with E-state index in [1.54, 1.807) is 17.2 Å². The summed E-state index contributed by atoms with van der Waals surface area (Å²) < 4.78 is 0. The Balaban J connectivity index is 2.04. The normalized spacial score (nSPS) is 12.3. The summed E-state index contributed by atoms with van der Waals surface area (Å²) in [7, 11) is 2.26. The molecule has 0 aliphatic rings. The molecule has 1 atom stereocenters. The van der Waals surface area contributed by atoms with Crippen LogP contribution in [0.25, 0.3) is 0 Å². The molecule has 0 aliphatic carbocycles. The third kappa shape index (κ3) is 7.72. The zero-order valence-electron chi connectivity index (χ0n) is 13.4. The maximum atomic E-state index is 5.83. The quantitative estimate of drug-likeness (QED) is 0.369. The van der Waals surface area contributed by atoms with E-state index >= 15 is 0 Å². The van der Waals surface area contributed by atoms with Gasteiger partial charge in [-0.05, 0) is 18.9 Å². The molecule has 0 radical (unpaired) electrons. The number of likely N-dealkylation sites (N-methyl/N-ethyl adjacent to an activating group) is 1. The second-order valence-corrected chi connectivity index (χ2v) is 5.55. The molecule has 0 saturated carbocycles. The van der Waals surface area contributed by atoms with Crippen LogP contribution in [0.4, 0.5) is 17.2 Å². The van der Waals surface area contributed by atoms with Gasteiger partial charge in [-0.25, -0.2) is 4.98 Å². The molecule has 0 fully saturated rings. The van der Waals surface area contributed by atoms with Crippen molar-refractivity contribution >= 4 is 17.2 Å². The summed E-state index contributed by atoms with van der Waals surface area (Å²) in [5, 5.41) is 6.64. The molecule has 1 unspecified atom stereocenters. The Kier molecular flexibility index (Phi) is 8.54. The van der Waals surface area contributed by atoms with E-state index in [4.69, 9.17) is 11.5 Å². The predicted octanol–water partition coefficient (Wildman–Crippen LogP) is -0.0476. The topological polar surface area (TPSA) is 93.4 Å². The van der Waals surface area contributed by atoms with Gasteiger partial charge in [0.15, 0.2) is 0 Å². The van der Waals surface area contributed by atoms with Gasteiger partial charge in [-0.2, -0.15) is 0 Å². The van der Waals surface area contributed by atoms with Crippen molar-refractivity contribution in [2.24, 2.45) is 0 Å². The van der Waals surface area contributed by atoms with Crippen LogP contribution in [0.1, 0.15) is 26.2 Å². The van der Waals surface area contributed by atoms with Gasteiger partial charge < -0.3 is 27.0 Å². The highest BCUT2D eigenvalue weighted by atomic mass is 15.1. The molecule has 0 saturated heterocycles. The molecule has 0 amide bonds. The standard InChI is InChI=1S/C15H30N6/c1-3-4-5-9-21(2)10-8-18-6-7-19-15-14(17)11-13(16)12-20-15/h11-12,18H,3-10,16-17H2,1-2H3,(H,19,20)/p+1. The minimum atomic E-state index is 0.588. The Morgan fingerprint density at radius 3 is 2.67 bits per heavy atom. The van der Waals surface area contributed by atoms with Crippen LogP contribution in [-0.4, -0.2) is 44.8 Å². The molecule has 0 bridgehead atoms. The molecular weight excluding hydrogens is 264 g/mol. The van der Waals surface area contributed by atoms with E-state index in [0.717, 1.165) is 26.2 Å². The second kappa shape index (κ2) is 10.2. The van der Waals surface area contributed by atoms with Crippen LogP contribution in [-0.2, 0) is 0 Å². The molecule has 1 aromatic rings. The van der Waals surface area contributed by atoms with Gasteiger partial charge in [-0.15, -0.1) is 0 Å². The molecular formula is C15H31N6+. The number of rotatable bonds is 11. The number of quaternary nitrogens is 1. The van der Waals surface area contributed by atoms with E-state index in [1.807, 2.05) is 0 Å². The molecule has 0 aromatic carbocycles. The van der Waals surface area contributed by atoms with E-state index in [-0.39, 0.29) is 0 Å². The summed E-state index contributed by atoms with van der Waals surface area (Å²) in [5.74, 6) is 0.702. The number of pyridine rings is 1. The summed E-state index contributed by atoms with van der Waals surface area (Å²) in [6.45, 7) is 7.40. The third-order valence-corrected chi connectivity index (χ3v) is 3.47. The van der Waals surface area contributed by atoms with E-state index in [1.165, 1.54) is 25.8 Å². The third-order valence-electron chi connectivity index (χ3n) is 3.47. The number of anilines is 3. The highest BCUT2D eigenvalue weighted by Gasteiger charge is 2.02. The van der Waals surface area contributed by atoms with Crippen molar-refractivity contribution in [2.45, 2.75) is 26.2 Å². The number of unbranched alkanes of at least 4 members (excludes halogenated alkanes) is 2. The Bertz CT molecular complexity index is 396. The number of nitrogen functional groups attached to an aromatic ring is 2. The van der Waals surface area contributed by atoms with Gasteiger partial charge in [0, 0.05) is 19.6 Å². The van der Waals surface area contributed by atoms with Gasteiger partial charge in [0.1, 0.15) is 5.82 Å². The molecule has 0 spiro atoms. The highest BCUT2D eigenvalue weighted by Crippen LogP contribution is 2.16. The largest absolute Gasteiger partial charge is 0.397 e. The minimum Gasteiger partial charge on any atom is -0.397 e. The molecule has 7 N–H and O–H groups in total. The Hall–Kier alpha value is -1.53. The zero-order valence-corrected chi connectivity index (χ0v) is 13.4. The average molecular weight is 295 g/mol. The first-order valence-corrected chi connectivity index (χ1v) is 7.90. The molecule has 1 heterocycles. The number of hydrogen-bond donors (Lipinski definition) is 5. The summed E-state index contributed by atoms with van der Waals surface area (Å²) >= 11 is 0. The van der Waals surface area contributed by atoms with Crippen molar-refractivity contribution in [3.8, 4) is 0 Å². The van der Waals surface area contributed by atoms with Crippen LogP contribution >= 0.6 is 0 Å². The molecule has 0 aliphatic heterocycles. The van der Waals surface area contributed by atoms with E-state index < -0.39 is 0 Å². The molecule has 1 rings (SSSR count). The number of hydrogen-bond acceptors (Lipinski definition) is 5. The zero-order chi connectivity index (χ0) is 15.5. The summed E-state index contributed by atoms with van der Waals surface area (Å²) in [4.78, 5) is 5.76. The van der Waals surface area contributed by atoms with Gasteiger partial charge in [0.2, 0.25) is 0 Å². The van der Waals surface area contributed by atoms with Crippen molar-refractivity contribution in [2.75, 3.05) is 56.6 Å². The van der Waals surface area contributed by atoms with Gasteiger partial charge >= 0.3 is 0 Å². The SMILES string of the molecule is CCCCC[NH+](C)CCNCCNc1ncc(N)cc1N. The molecule has 6 heteroatoms. The van der Waals surface area contributed by atoms with Crippen molar-refractivity contribution < 1.29 is 4.90 Å². The first-order valence-electron chi connectivity index (χ1n) is 7.90. The van der Waals surface area contributed by atoms with Crippen molar-refractivity contribution in [3.63, 3.8) is 0 Å². The maximum Gasteiger partial charge on any atom is 0.149 e. The lowest BCUT2D eigenvalue weighted by Crippen LogP contribution is -3.09. The Labute approximate surface area is 128 Å². The average Bonchev–Trinajstić information content (AvgIpc) is 2.45. The number of nitrogens with one attached hydrogen (secondary N) is 3. The Morgan fingerprint density at radius 2 is 1.95 bits per heavy atom. The lowest BCUT2D eigenvalue weighted by atomic mass is 10.2. The lowest BCUT2D eigenvalue weighted by Gasteiger charge is -2.14. The van der Waals surface area contributed by atoms with Crippen LogP contribution in [0.5, 0.6) is 0 Å². The van der Waals surface area contributed by atoms with Crippen molar-refractivity contribution in [1.29, 1.82) is 0 Å². The van der Waals surface area contributed by atoms with Crippen LogP contribution in [0, 0.1) is 0 Å². The van der Waals surface area contributed by atoms with Crippen LogP contribution in [0.3, 0.4) is 0 Å². The predicted molar refractivity (Wildman–Crippen MR) is 90.6 cm³/mol. The maximum absolute atomic E-state index is 5.83. The highest BCUT2D eigenvalue weighted by molar-refractivity contribution is 5.65. The first kappa shape index (κ1) is 17.5. The van der Waals surface area contributed by atoms with Gasteiger partial charge in [0.05, 0.1) is 37.7 Å². The summed E-state index contributed by atoms with van der Waals surface area (Å²) in [5.41, 5.74) is 12.6. The first-order chi connectivity index (χ1) is 10.1. The monoisotopic (exact) mass is 295 g/mol.